The fraction of sp³-hybridized carbons (Fsp3) is 1.00. The summed E-state index contributed by atoms with van der Waals surface area (Å²) in [6.07, 6.45) is 6.66. The Morgan fingerprint density at radius 3 is 2.13 bits per heavy atom. The molecule has 15 heavy (non-hydrogen) atoms. The van der Waals surface area contributed by atoms with Gasteiger partial charge in [-0.2, -0.15) is 0 Å². The van der Waals surface area contributed by atoms with Gasteiger partial charge in [0.1, 0.15) is 0 Å². The van der Waals surface area contributed by atoms with Crippen molar-refractivity contribution in [3.05, 3.63) is 0 Å². The largest absolute Gasteiger partial charge is 0.374 e. The van der Waals surface area contributed by atoms with Gasteiger partial charge in [0, 0.05) is 0 Å². The summed E-state index contributed by atoms with van der Waals surface area (Å²) < 4.78 is 6.12. The Labute approximate surface area is 94.6 Å². The maximum Gasteiger partial charge on any atom is 0.0689 e. The Morgan fingerprint density at radius 2 is 1.73 bits per heavy atom. The van der Waals surface area contributed by atoms with Crippen LogP contribution in [-0.2, 0) is 4.74 Å². The Morgan fingerprint density at radius 1 is 1.13 bits per heavy atom. The van der Waals surface area contributed by atoms with Crippen molar-refractivity contribution in [3.63, 3.8) is 0 Å². The van der Waals surface area contributed by atoms with E-state index < -0.39 is 0 Å². The van der Waals surface area contributed by atoms with Gasteiger partial charge in [0.05, 0.1) is 12.2 Å². The molecule has 0 aromatic rings. The number of ether oxygens (including phenoxy) is 1. The summed E-state index contributed by atoms with van der Waals surface area (Å²) in [7, 11) is 0. The maximum absolute atomic E-state index is 6.12. The van der Waals surface area contributed by atoms with Crippen LogP contribution in [0, 0.1) is 17.3 Å². The van der Waals surface area contributed by atoms with Crippen LogP contribution in [-0.4, -0.2) is 12.2 Å². The average molecular weight is 210 g/mol. The van der Waals surface area contributed by atoms with Crippen molar-refractivity contribution in [2.45, 2.75) is 65.4 Å². The summed E-state index contributed by atoms with van der Waals surface area (Å²) in [5.41, 5.74) is 0.694. The highest BCUT2D eigenvalue weighted by atomic mass is 16.5. The molecule has 88 valence electrons. The molecule has 1 saturated heterocycles. The molecule has 1 saturated carbocycles. The molecular formula is C14H26O. The highest BCUT2D eigenvalue weighted by Gasteiger charge is 2.46. The van der Waals surface area contributed by atoms with E-state index in [4.69, 9.17) is 4.74 Å². The van der Waals surface area contributed by atoms with Gasteiger partial charge in [-0.25, -0.2) is 0 Å². The zero-order valence-corrected chi connectivity index (χ0v) is 10.8. The van der Waals surface area contributed by atoms with Gasteiger partial charge in [0.15, 0.2) is 0 Å². The zero-order chi connectivity index (χ0) is 11.1. The molecule has 1 aliphatic heterocycles. The third-order valence-corrected chi connectivity index (χ3v) is 4.45. The molecule has 1 aliphatic carbocycles. The Bertz CT molecular complexity index is 221. The lowest BCUT2D eigenvalue weighted by molar-refractivity contribution is -0.0398. The second-order valence-corrected chi connectivity index (χ2v) is 6.89. The fourth-order valence-corrected chi connectivity index (χ4v) is 3.48. The summed E-state index contributed by atoms with van der Waals surface area (Å²) >= 11 is 0. The standard InChI is InChI=1S/C14H26O/c1-11(2)12-5-7-14(8-6-12)9-13(3,4)10-15-14/h11-12H,5-10H2,1-4H3/t12-,14+. The van der Waals surface area contributed by atoms with Crippen molar-refractivity contribution < 1.29 is 4.74 Å². The summed E-state index contributed by atoms with van der Waals surface area (Å²) in [5.74, 6) is 1.81. The van der Waals surface area contributed by atoms with E-state index in [-0.39, 0.29) is 5.60 Å². The van der Waals surface area contributed by atoms with Gasteiger partial charge in [-0.15, -0.1) is 0 Å². The Kier molecular flexibility index (Phi) is 2.87. The third-order valence-electron chi connectivity index (χ3n) is 4.45. The maximum atomic E-state index is 6.12. The quantitative estimate of drug-likeness (QED) is 0.635. The molecule has 0 amide bonds. The smallest absolute Gasteiger partial charge is 0.0689 e. The molecular weight excluding hydrogens is 184 g/mol. The van der Waals surface area contributed by atoms with Crippen molar-refractivity contribution in [2.75, 3.05) is 6.61 Å². The molecule has 2 aliphatic rings. The lowest BCUT2D eigenvalue weighted by atomic mass is 9.71. The first-order chi connectivity index (χ1) is 6.93. The minimum absolute atomic E-state index is 0.273. The first-order valence-electron chi connectivity index (χ1n) is 6.57. The van der Waals surface area contributed by atoms with E-state index in [0.717, 1.165) is 18.4 Å². The van der Waals surface area contributed by atoms with Crippen LogP contribution in [0.4, 0.5) is 0 Å². The predicted molar refractivity (Wildman–Crippen MR) is 63.9 cm³/mol. The van der Waals surface area contributed by atoms with Crippen LogP contribution in [0.1, 0.15) is 59.8 Å². The van der Waals surface area contributed by atoms with Gasteiger partial charge >= 0.3 is 0 Å². The molecule has 0 aromatic heterocycles. The molecule has 1 heterocycles. The van der Waals surface area contributed by atoms with Gasteiger partial charge < -0.3 is 4.74 Å². The molecule has 0 unspecified atom stereocenters. The Hall–Kier alpha value is -0.0400. The molecule has 0 radical (unpaired) electrons. The summed E-state index contributed by atoms with van der Waals surface area (Å²) in [6.45, 7) is 10.4. The second-order valence-electron chi connectivity index (χ2n) is 6.89. The topological polar surface area (TPSA) is 9.23 Å². The second kappa shape index (κ2) is 3.76. The molecule has 2 fully saturated rings. The first-order valence-corrected chi connectivity index (χ1v) is 6.57. The molecule has 0 N–H and O–H groups in total. The molecule has 0 atom stereocenters. The van der Waals surface area contributed by atoms with Crippen LogP contribution in [0.2, 0.25) is 0 Å². The van der Waals surface area contributed by atoms with Crippen LogP contribution >= 0.6 is 0 Å². The summed E-state index contributed by atoms with van der Waals surface area (Å²) in [6, 6.07) is 0. The zero-order valence-electron chi connectivity index (χ0n) is 10.8. The molecule has 2 rings (SSSR count). The van der Waals surface area contributed by atoms with Crippen molar-refractivity contribution in [1.82, 2.24) is 0 Å². The van der Waals surface area contributed by atoms with Gasteiger partial charge in [-0.1, -0.05) is 27.7 Å². The van der Waals surface area contributed by atoms with Gasteiger partial charge in [0.25, 0.3) is 0 Å². The lowest BCUT2D eigenvalue weighted by Gasteiger charge is -2.38. The summed E-state index contributed by atoms with van der Waals surface area (Å²) in [5, 5.41) is 0. The molecule has 1 heteroatoms. The van der Waals surface area contributed by atoms with Crippen LogP contribution in [0.25, 0.3) is 0 Å². The van der Waals surface area contributed by atoms with Gasteiger partial charge in [-0.05, 0) is 49.4 Å². The van der Waals surface area contributed by atoms with E-state index in [9.17, 15) is 0 Å². The lowest BCUT2D eigenvalue weighted by Crippen LogP contribution is -2.35. The Balaban J connectivity index is 1.93. The normalized spacial score (nSPS) is 40.2. The van der Waals surface area contributed by atoms with E-state index in [0.29, 0.717) is 5.41 Å². The van der Waals surface area contributed by atoms with E-state index >= 15 is 0 Å². The molecule has 0 aromatic carbocycles. The SMILES string of the molecule is CC(C)[C@H]1CC[C@@]2(CC1)CC(C)(C)CO2. The van der Waals surface area contributed by atoms with Crippen molar-refractivity contribution in [2.24, 2.45) is 17.3 Å². The van der Waals surface area contributed by atoms with Crippen LogP contribution < -0.4 is 0 Å². The van der Waals surface area contributed by atoms with E-state index in [1.54, 1.807) is 0 Å². The number of hydrogen-bond acceptors (Lipinski definition) is 1. The van der Waals surface area contributed by atoms with Crippen molar-refractivity contribution in [1.29, 1.82) is 0 Å². The van der Waals surface area contributed by atoms with Gasteiger partial charge in [0.2, 0.25) is 0 Å². The van der Waals surface area contributed by atoms with Crippen molar-refractivity contribution >= 4 is 0 Å². The summed E-state index contributed by atoms with van der Waals surface area (Å²) in [4.78, 5) is 0. The molecule has 0 bridgehead atoms. The van der Waals surface area contributed by atoms with Crippen LogP contribution in [0.5, 0.6) is 0 Å². The monoisotopic (exact) mass is 210 g/mol. The highest BCUT2D eigenvalue weighted by molar-refractivity contribution is 4.96. The predicted octanol–water partition coefficient (Wildman–Crippen LogP) is 4.02. The fourth-order valence-electron chi connectivity index (χ4n) is 3.48. The number of rotatable bonds is 1. The minimum atomic E-state index is 0.273. The van der Waals surface area contributed by atoms with E-state index in [1.807, 2.05) is 0 Å². The first kappa shape index (κ1) is 11.4. The third kappa shape index (κ3) is 2.38. The van der Waals surface area contributed by atoms with Crippen LogP contribution in [0.15, 0.2) is 0 Å². The average Bonchev–Trinajstić information content (AvgIpc) is 2.43. The van der Waals surface area contributed by atoms with Crippen molar-refractivity contribution in [3.8, 4) is 0 Å². The van der Waals surface area contributed by atoms with E-state index in [2.05, 4.69) is 27.7 Å². The molecule has 1 spiro atoms. The van der Waals surface area contributed by atoms with Crippen LogP contribution in [0.3, 0.4) is 0 Å². The highest BCUT2D eigenvalue weighted by Crippen LogP contribution is 2.48. The van der Waals surface area contributed by atoms with E-state index in [1.165, 1.54) is 32.1 Å². The van der Waals surface area contributed by atoms with Gasteiger partial charge in [-0.3, -0.25) is 0 Å². The minimum Gasteiger partial charge on any atom is -0.374 e. The molecule has 1 nitrogen and oxygen atoms in total. The number of hydrogen-bond donors (Lipinski definition) is 0.